The summed E-state index contributed by atoms with van der Waals surface area (Å²) in [6.45, 7) is 5.85. The van der Waals surface area contributed by atoms with Crippen molar-refractivity contribution in [1.29, 1.82) is 0 Å². The van der Waals surface area contributed by atoms with E-state index in [1.807, 2.05) is 0 Å². The van der Waals surface area contributed by atoms with Gasteiger partial charge in [0.1, 0.15) is 5.82 Å². The van der Waals surface area contributed by atoms with E-state index >= 15 is 0 Å². The molecule has 4 heteroatoms. The number of benzene rings is 1. The van der Waals surface area contributed by atoms with Crippen LogP contribution in [0.4, 0.5) is 10.1 Å². The molecule has 2 rings (SSSR count). The van der Waals surface area contributed by atoms with E-state index in [1.54, 1.807) is 12.1 Å². The quantitative estimate of drug-likeness (QED) is 0.870. The molecule has 0 spiro atoms. The van der Waals surface area contributed by atoms with Gasteiger partial charge in [0.05, 0.1) is 12.3 Å². The highest BCUT2D eigenvalue weighted by Crippen LogP contribution is 2.25. The molecule has 0 saturated carbocycles. The maximum Gasteiger partial charge on any atom is 0.146 e. The molecule has 1 saturated heterocycles. The maximum atomic E-state index is 14.0. The van der Waals surface area contributed by atoms with Crippen LogP contribution in [0.25, 0.3) is 0 Å². The van der Waals surface area contributed by atoms with E-state index in [2.05, 4.69) is 30.7 Å². The minimum absolute atomic E-state index is 0.118. The Kier molecular flexibility index (Phi) is 3.88. The van der Waals surface area contributed by atoms with E-state index < -0.39 is 0 Å². The molecule has 1 aromatic rings. The highest BCUT2D eigenvalue weighted by atomic mass is 19.1. The summed E-state index contributed by atoms with van der Waals surface area (Å²) in [5.41, 5.74) is 1.26. The fourth-order valence-corrected chi connectivity index (χ4v) is 2.51. The zero-order valence-corrected chi connectivity index (χ0v) is 11.2. The van der Waals surface area contributed by atoms with Gasteiger partial charge in [-0.1, -0.05) is 6.07 Å². The van der Waals surface area contributed by atoms with Crippen LogP contribution in [0, 0.1) is 5.82 Å². The van der Waals surface area contributed by atoms with Crippen LogP contribution in [0.1, 0.15) is 19.4 Å². The highest BCUT2D eigenvalue weighted by Gasteiger charge is 2.27. The summed E-state index contributed by atoms with van der Waals surface area (Å²) in [4.78, 5) is 4.41. The molecule has 1 aliphatic heterocycles. The van der Waals surface area contributed by atoms with Crippen molar-refractivity contribution in [3.63, 3.8) is 0 Å². The molecule has 1 N–H and O–H groups in total. The lowest BCUT2D eigenvalue weighted by molar-refractivity contribution is 0.169. The molecule has 2 unspecified atom stereocenters. The van der Waals surface area contributed by atoms with Gasteiger partial charge in [0.15, 0.2) is 0 Å². The van der Waals surface area contributed by atoms with Gasteiger partial charge in [-0.25, -0.2) is 4.39 Å². The van der Waals surface area contributed by atoms with Gasteiger partial charge >= 0.3 is 0 Å². The number of likely N-dealkylation sites (N-methyl/N-ethyl adjacent to an activating group) is 1. The SMILES string of the molecule is CC1CN(c2ccc(CO)cc2F)CC(C)N1C. The molecule has 0 aromatic heterocycles. The van der Waals surface area contributed by atoms with Crippen molar-refractivity contribution in [3.8, 4) is 0 Å². The predicted molar refractivity (Wildman–Crippen MR) is 71.2 cm³/mol. The zero-order valence-electron chi connectivity index (χ0n) is 11.2. The van der Waals surface area contributed by atoms with Crippen molar-refractivity contribution in [3.05, 3.63) is 29.6 Å². The lowest BCUT2D eigenvalue weighted by Crippen LogP contribution is -2.55. The molecule has 1 aliphatic rings. The summed E-state index contributed by atoms with van der Waals surface area (Å²) in [7, 11) is 2.11. The third-order valence-electron chi connectivity index (χ3n) is 3.90. The van der Waals surface area contributed by atoms with Crippen molar-refractivity contribution in [2.75, 3.05) is 25.0 Å². The average molecular weight is 252 g/mol. The summed E-state index contributed by atoms with van der Waals surface area (Å²) in [6, 6.07) is 5.79. The number of nitrogens with zero attached hydrogens (tertiary/aromatic N) is 2. The molecule has 1 heterocycles. The van der Waals surface area contributed by atoms with Gasteiger partial charge in [-0.15, -0.1) is 0 Å². The molecular formula is C14H21FN2O. The van der Waals surface area contributed by atoms with E-state index in [0.29, 0.717) is 23.3 Å². The van der Waals surface area contributed by atoms with E-state index in [0.717, 1.165) is 13.1 Å². The minimum Gasteiger partial charge on any atom is -0.392 e. The van der Waals surface area contributed by atoms with Gasteiger partial charge in [0.25, 0.3) is 0 Å². The predicted octanol–water partition coefficient (Wildman–Crippen LogP) is 1.85. The Morgan fingerprint density at radius 1 is 1.28 bits per heavy atom. The van der Waals surface area contributed by atoms with Crippen LogP contribution in [0.5, 0.6) is 0 Å². The normalized spacial score (nSPS) is 25.5. The molecule has 100 valence electrons. The fraction of sp³-hybridized carbons (Fsp3) is 0.571. The molecule has 0 aliphatic carbocycles. The van der Waals surface area contributed by atoms with E-state index in [4.69, 9.17) is 5.11 Å². The number of aliphatic hydroxyl groups is 1. The van der Waals surface area contributed by atoms with Gasteiger partial charge in [-0.2, -0.15) is 0 Å². The Morgan fingerprint density at radius 2 is 1.89 bits per heavy atom. The minimum atomic E-state index is -0.245. The number of piperazine rings is 1. The zero-order chi connectivity index (χ0) is 13.3. The van der Waals surface area contributed by atoms with Gasteiger partial charge < -0.3 is 10.0 Å². The second-order valence-electron chi connectivity index (χ2n) is 5.21. The van der Waals surface area contributed by atoms with Crippen LogP contribution in [0.15, 0.2) is 18.2 Å². The van der Waals surface area contributed by atoms with E-state index in [1.165, 1.54) is 6.07 Å². The molecular weight excluding hydrogens is 231 g/mol. The van der Waals surface area contributed by atoms with E-state index in [-0.39, 0.29) is 12.4 Å². The number of rotatable bonds is 2. The second kappa shape index (κ2) is 5.24. The third kappa shape index (κ3) is 2.49. The maximum absolute atomic E-state index is 14.0. The first-order valence-electron chi connectivity index (χ1n) is 6.39. The first-order valence-corrected chi connectivity index (χ1v) is 6.39. The Hall–Kier alpha value is -1.13. The van der Waals surface area contributed by atoms with Crippen LogP contribution < -0.4 is 4.90 Å². The first kappa shape index (κ1) is 13.3. The lowest BCUT2D eigenvalue weighted by atomic mass is 10.1. The van der Waals surface area contributed by atoms with Crippen LogP contribution in [-0.4, -0.2) is 42.2 Å². The molecule has 0 bridgehead atoms. The fourth-order valence-electron chi connectivity index (χ4n) is 2.51. The third-order valence-corrected chi connectivity index (χ3v) is 3.90. The van der Waals surface area contributed by atoms with E-state index in [9.17, 15) is 4.39 Å². The van der Waals surface area contributed by atoms with Crippen molar-refractivity contribution in [2.45, 2.75) is 32.5 Å². The summed E-state index contributed by atoms with van der Waals surface area (Å²) >= 11 is 0. The molecule has 18 heavy (non-hydrogen) atoms. The topological polar surface area (TPSA) is 26.7 Å². The lowest BCUT2D eigenvalue weighted by Gasteiger charge is -2.43. The number of aliphatic hydroxyl groups excluding tert-OH is 1. The first-order chi connectivity index (χ1) is 8.52. The number of hydrogen-bond donors (Lipinski definition) is 1. The number of hydrogen-bond acceptors (Lipinski definition) is 3. The molecule has 1 fully saturated rings. The van der Waals surface area contributed by atoms with Gasteiger partial charge in [0.2, 0.25) is 0 Å². The Labute approximate surface area is 108 Å². The van der Waals surface area contributed by atoms with Crippen molar-refractivity contribution >= 4 is 5.69 Å². The van der Waals surface area contributed by atoms with Crippen LogP contribution >= 0.6 is 0 Å². The van der Waals surface area contributed by atoms with Crippen molar-refractivity contribution < 1.29 is 9.50 Å². The largest absolute Gasteiger partial charge is 0.392 e. The standard InChI is InChI=1S/C14H21FN2O/c1-10-7-17(8-11(2)16(10)3)14-5-4-12(9-18)6-13(14)15/h4-6,10-11,18H,7-9H2,1-3H3. The van der Waals surface area contributed by atoms with Crippen molar-refractivity contribution in [1.82, 2.24) is 4.90 Å². The second-order valence-corrected chi connectivity index (χ2v) is 5.21. The Bertz CT molecular complexity index is 412. The summed E-state index contributed by atoms with van der Waals surface area (Å²) in [5.74, 6) is -0.245. The summed E-state index contributed by atoms with van der Waals surface area (Å²) < 4.78 is 14.0. The van der Waals surface area contributed by atoms with Crippen molar-refractivity contribution in [2.24, 2.45) is 0 Å². The Balaban J connectivity index is 2.21. The van der Waals surface area contributed by atoms with Crippen LogP contribution in [0.3, 0.4) is 0 Å². The van der Waals surface area contributed by atoms with Gasteiger partial charge in [-0.05, 0) is 38.6 Å². The average Bonchev–Trinajstić information content (AvgIpc) is 2.35. The monoisotopic (exact) mass is 252 g/mol. The molecule has 0 amide bonds. The van der Waals surface area contributed by atoms with Crippen LogP contribution in [-0.2, 0) is 6.61 Å². The number of anilines is 1. The summed E-state index contributed by atoms with van der Waals surface area (Å²) in [5, 5.41) is 9.00. The molecule has 1 aromatic carbocycles. The molecule has 2 atom stereocenters. The molecule has 3 nitrogen and oxygen atoms in total. The number of halogens is 1. The highest BCUT2D eigenvalue weighted by molar-refractivity contribution is 5.50. The molecule has 0 radical (unpaired) electrons. The van der Waals surface area contributed by atoms with Gasteiger partial charge in [0, 0.05) is 25.2 Å². The Morgan fingerprint density at radius 3 is 2.39 bits per heavy atom. The van der Waals surface area contributed by atoms with Gasteiger partial charge in [-0.3, -0.25) is 4.90 Å². The summed E-state index contributed by atoms with van der Waals surface area (Å²) in [6.07, 6.45) is 0. The smallest absolute Gasteiger partial charge is 0.146 e. The van der Waals surface area contributed by atoms with Crippen LogP contribution in [0.2, 0.25) is 0 Å².